The molecular weight excluding hydrogens is 567 g/mol. The molecule has 0 aromatic carbocycles. The molecule has 0 rings (SSSR count). The van der Waals surface area contributed by atoms with Gasteiger partial charge >= 0.3 is 29.6 Å². The molecule has 3 nitrogen and oxygen atoms in total. The van der Waals surface area contributed by atoms with Crippen molar-refractivity contribution < 1.29 is 75.9 Å². The molecule has 0 aromatic rings. The third-order valence-corrected chi connectivity index (χ3v) is 0. The summed E-state index contributed by atoms with van der Waals surface area (Å²) < 4.78 is 0. The van der Waals surface area contributed by atoms with Gasteiger partial charge in [-0.1, -0.05) is 45.6 Å². The zero-order chi connectivity index (χ0) is 18.2. The molecule has 151 valence electrons. The van der Waals surface area contributed by atoms with Crippen molar-refractivity contribution in [3.63, 3.8) is 0 Å². The normalized spacial score (nSPS) is 3.67. The average molecular weight is 603 g/mol. The fraction of sp³-hybridized carbons (Fsp3) is 0.500. The van der Waals surface area contributed by atoms with Gasteiger partial charge in [0.25, 0.3) is 0 Å². The zero-order valence-electron chi connectivity index (χ0n) is 15.5. The van der Waals surface area contributed by atoms with Gasteiger partial charge in [0.1, 0.15) is 0 Å². The van der Waals surface area contributed by atoms with E-state index in [1.54, 1.807) is 24.3 Å². The first-order chi connectivity index (χ1) is 9.49. The monoisotopic (exact) mass is 601 g/mol. The minimum Gasteiger partial charge on any atom is -1.00 e. The second-order valence-electron chi connectivity index (χ2n) is 1.81. The van der Waals surface area contributed by atoms with E-state index in [0.717, 1.165) is 5.34 Å². The van der Waals surface area contributed by atoms with E-state index in [1.807, 2.05) is 41.5 Å². The van der Waals surface area contributed by atoms with Crippen LogP contribution in [0.1, 0.15) is 49.0 Å². The van der Waals surface area contributed by atoms with Crippen LogP contribution in [0.2, 0.25) is 0 Å². The molecule has 0 saturated heterocycles. The Morgan fingerprint density at radius 2 is 0.875 bits per heavy atom. The first-order valence-electron chi connectivity index (χ1n) is 5.84. The molecule has 0 amide bonds. The summed E-state index contributed by atoms with van der Waals surface area (Å²) in [5, 5.41) is 9.19. The van der Waals surface area contributed by atoms with Gasteiger partial charge in [-0.3, -0.25) is 0 Å². The Bertz CT molecular complexity index is 125. The van der Waals surface area contributed by atoms with Crippen molar-refractivity contribution in [2.24, 2.45) is 5.34 Å². The molecule has 0 aromatic heterocycles. The Morgan fingerprint density at radius 3 is 0.875 bits per heavy atom. The summed E-state index contributed by atoms with van der Waals surface area (Å²) in [6.07, 6.45) is 7.00. The molecule has 0 N–H and O–H groups in total. The van der Waals surface area contributed by atoms with E-state index in [9.17, 15) is 0 Å². The van der Waals surface area contributed by atoms with Gasteiger partial charge in [0.15, 0.2) is 0 Å². The minimum atomic E-state index is 0. The van der Waals surface area contributed by atoms with E-state index in [2.05, 4.69) is 26.3 Å². The quantitative estimate of drug-likeness (QED) is 0.107. The Balaban J connectivity index is -0.00000000891. The second-order valence-corrected chi connectivity index (χ2v) is 2.62. The van der Waals surface area contributed by atoms with E-state index in [-0.39, 0.29) is 88.7 Å². The van der Waals surface area contributed by atoms with Gasteiger partial charge in [-0.05, 0) is 27.7 Å². The summed E-state index contributed by atoms with van der Waals surface area (Å²) in [5.41, 5.74) is 0. The van der Waals surface area contributed by atoms with E-state index < -0.39 is 0 Å². The molecule has 0 atom stereocenters. The fourth-order valence-corrected chi connectivity index (χ4v) is 0. The van der Waals surface area contributed by atoms with Crippen LogP contribution in [0.4, 0.5) is 0 Å². The third kappa shape index (κ3) is 5910. The van der Waals surface area contributed by atoms with Crippen molar-refractivity contribution in [3.05, 3.63) is 60.7 Å². The minimum absolute atomic E-state index is 0. The van der Waals surface area contributed by atoms with E-state index in [4.69, 9.17) is 33.3 Å². The van der Waals surface area contributed by atoms with Crippen molar-refractivity contribution in [1.82, 2.24) is 0 Å². The van der Waals surface area contributed by atoms with Crippen molar-refractivity contribution in [3.8, 4) is 0 Å². The van der Waals surface area contributed by atoms with Crippen LogP contribution in [-0.2, 0) is 22.4 Å². The first-order valence-corrected chi connectivity index (χ1v) is 6.91. The number of alkyl halides is 2. The van der Waals surface area contributed by atoms with Crippen LogP contribution in [0, 0.1) is 10.1 Å². The molecular formula is C16H36AgCl2INNaO2-. The van der Waals surface area contributed by atoms with E-state index in [0.29, 0.717) is 0 Å². The second kappa shape index (κ2) is 244. The molecule has 0 bridgehead atoms. The molecule has 0 unspecified atom stereocenters. The topological polar surface area (TPSA) is 52.5 Å². The van der Waals surface area contributed by atoms with Crippen LogP contribution in [0.25, 0.3) is 0 Å². The zero-order valence-corrected chi connectivity index (χ0v) is 22.7. The van der Waals surface area contributed by atoms with Crippen LogP contribution in [0.3, 0.4) is 0 Å². The number of rotatable bonds is 0. The number of nitrogens with zero attached hydrogens (tertiary/aromatic N) is 1. The van der Waals surface area contributed by atoms with E-state index >= 15 is 0 Å². The molecule has 8 heteroatoms. The maximum Gasteiger partial charge on any atom is 1.00 e. The summed E-state index contributed by atoms with van der Waals surface area (Å²) in [7, 11) is 0. The number of halogens is 3. The summed E-state index contributed by atoms with van der Waals surface area (Å²) in [5.74, 6) is 0. The van der Waals surface area contributed by atoms with E-state index in [1.165, 1.54) is 0 Å². The van der Waals surface area contributed by atoms with Gasteiger partial charge in [-0.2, -0.15) is 0 Å². The SMILES string of the molecule is C.C=CC.C=CC.C=CC.C=CC.CC.ClCCl.O=N[O-].[Ag].[I-].[Na+]. The number of hydrogen-bond donors (Lipinski definition) is 0. The Labute approximate surface area is 217 Å². The summed E-state index contributed by atoms with van der Waals surface area (Å²) in [6.45, 7) is 25.0. The molecule has 0 saturated carbocycles. The summed E-state index contributed by atoms with van der Waals surface area (Å²) in [4.78, 5) is 8.00. The average Bonchev–Trinajstić information content (AvgIpc) is 2.36. The first kappa shape index (κ1) is 72.9. The molecule has 0 aliphatic rings. The van der Waals surface area contributed by atoms with Gasteiger partial charge in [0, 0.05) is 22.4 Å². The molecule has 0 fully saturated rings. The van der Waals surface area contributed by atoms with Crippen molar-refractivity contribution in [1.29, 1.82) is 0 Å². The van der Waals surface area contributed by atoms with Gasteiger partial charge in [0.05, 0.1) is 5.34 Å². The molecule has 0 aliphatic carbocycles. The Kier molecular flexibility index (Phi) is 740. The Morgan fingerprint density at radius 1 is 0.875 bits per heavy atom. The largest absolute Gasteiger partial charge is 1.00 e. The van der Waals surface area contributed by atoms with Crippen LogP contribution in [0.5, 0.6) is 0 Å². The predicted octanol–water partition coefficient (Wildman–Crippen LogP) is 2.11. The summed E-state index contributed by atoms with van der Waals surface area (Å²) >= 11 is 9.53. The third-order valence-electron chi connectivity index (χ3n) is 0. The Hall–Kier alpha value is 1.41. The van der Waals surface area contributed by atoms with Crippen molar-refractivity contribution in [2.75, 3.05) is 5.34 Å². The van der Waals surface area contributed by atoms with Crippen LogP contribution >= 0.6 is 23.2 Å². The van der Waals surface area contributed by atoms with Gasteiger partial charge < -0.3 is 34.1 Å². The maximum atomic E-state index is 8.00. The molecule has 24 heavy (non-hydrogen) atoms. The van der Waals surface area contributed by atoms with Gasteiger partial charge in [-0.25, -0.2) is 0 Å². The maximum absolute atomic E-state index is 8.00. The van der Waals surface area contributed by atoms with Gasteiger partial charge in [-0.15, -0.1) is 54.9 Å². The van der Waals surface area contributed by atoms with Crippen LogP contribution < -0.4 is 53.5 Å². The van der Waals surface area contributed by atoms with Crippen molar-refractivity contribution >= 4 is 23.2 Å². The standard InChI is InChI=1S/4C3H6.C2H6.CH2Cl2.CH4.Ag.HI.HNO2.Na/c4*1-3-2;1-2;2-1-3;;;;2-1-3;/h4*3H,1H2,2H3;1-2H3;1H2;1H4;;1H;(H,2,3);/q;;;;;;;;;;+1/p-2. The summed E-state index contributed by atoms with van der Waals surface area (Å²) in [6, 6.07) is 0. The fourth-order valence-electron chi connectivity index (χ4n) is 0. The molecule has 0 heterocycles. The molecule has 0 aliphatic heterocycles. The predicted molar refractivity (Wildman–Crippen MR) is 107 cm³/mol. The number of hydrogen-bond acceptors (Lipinski definition) is 3. The van der Waals surface area contributed by atoms with Crippen LogP contribution in [-0.4, -0.2) is 5.34 Å². The number of allylic oxidation sites excluding steroid dienone is 4. The van der Waals surface area contributed by atoms with Gasteiger partial charge in [0.2, 0.25) is 0 Å². The molecule has 1 radical (unpaired) electrons. The van der Waals surface area contributed by atoms with Crippen molar-refractivity contribution in [2.45, 2.75) is 49.0 Å². The smallest absolute Gasteiger partial charge is 1.00 e. The molecule has 0 spiro atoms. The van der Waals surface area contributed by atoms with Crippen LogP contribution in [0.15, 0.2) is 56.0 Å².